The lowest BCUT2D eigenvalue weighted by molar-refractivity contribution is -0.128. The summed E-state index contributed by atoms with van der Waals surface area (Å²) in [6.45, 7) is 0.191. The second-order valence-corrected chi connectivity index (χ2v) is 8.02. The van der Waals surface area contributed by atoms with E-state index < -0.39 is 12.1 Å². The predicted molar refractivity (Wildman–Crippen MR) is 115 cm³/mol. The molecule has 4 rings (SSSR count). The van der Waals surface area contributed by atoms with Gasteiger partial charge in [0, 0.05) is 6.42 Å². The molecular weight excluding hydrogens is 394 g/mol. The first kappa shape index (κ1) is 20.9. The molecule has 0 radical (unpaired) electrons. The molecular formula is C24H27N3O4. The molecule has 0 aromatic heterocycles. The number of carbonyl (C=O) groups excluding carboxylic acids is 3. The van der Waals surface area contributed by atoms with Gasteiger partial charge in [-0.25, -0.2) is 4.79 Å². The van der Waals surface area contributed by atoms with Crippen LogP contribution in [-0.2, 0) is 22.6 Å². The van der Waals surface area contributed by atoms with Crippen LogP contribution in [0.4, 0.5) is 4.79 Å². The number of benzene rings is 2. The molecule has 0 spiro atoms. The highest BCUT2D eigenvalue weighted by Gasteiger charge is 2.38. The van der Waals surface area contributed by atoms with E-state index in [2.05, 4.69) is 22.8 Å². The third-order valence-electron chi connectivity index (χ3n) is 5.97. The molecule has 1 heterocycles. The number of methoxy groups -OCH3 is 1. The number of imide groups is 1. The summed E-state index contributed by atoms with van der Waals surface area (Å²) < 4.78 is 5.13. The van der Waals surface area contributed by atoms with E-state index in [1.807, 2.05) is 24.3 Å². The maximum atomic E-state index is 12.7. The van der Waals surface area contributed by atoms with E-state index in [0.717, 1.165) is 24.8 Å². The first-order chi connectivity index (χ1) is 15.0. The zero-order valence-electron chi connectivity index (χ0n) is 17.6. The number of fused-ring (bicyclic) bond motifs is 1. The average molecular weight is 421 g/mol. The van der Waals surface area contributed by atoms with Crippen molar-refractivity contribution in [1.82, 2.24) is 15.5 Å². The molecule has 2 aromatic rings. The fraction of sp³-hybridized carbons (Fsp3) is 0.375. The smallest absolute Gasteiger partial charge is 0.325 e. The first-order valence-electron chi connectivity index (χ1n) is 10.7. The monoisotopic (exact) mass is 421 g/mol. The second kappa shape index (κ2) is 9.20. The molecule has 162 valence electrons. The number of ether oxygens (including phenoxy) is 1. The molecule has 2 N–H and O–H groups in total. The minimum Gasteiger partial charge on any atom is -0.497 e. The van der Waals surface area contributed by atoms with Crippen LogP contribution in [0.25, 0.3) is 0 Å². The first-order valence-corrected chi connectivity index (χ1v) is 10.7. The summed E-state index contributed by atoms with van der Waals surface area (Å²) in [6, 6.07) is 14.3. The Hall–Kier alpha value is -3.35. The van der Waals surface area contributed by atoms with Gasteiger partial charge in [-0.3, -0.25) is 14.5 Å². The SMILES string of the molecule is COc1ccc(CN2C(=O)N[C@H](CCC(=O)N[C@H]3CCCc4ccccc43)C2=O)cc1. The number of hydrogen-bond donors (Lipinski definition) is 2. The van der Waals surface area contributed by atoms with E-state index in [0.29, 0.717) is 5.75 Å². The van der Waals surface area contributed by atoms with Gasteiger partial charge in [-0.05, 0) is 54.5 Å². The van der Waals surface area contributed by atoms with Crippen molar-refractivity contribution in [3.05, 3.63) is 65.2 Å². The Bertz CT molecular complexity index is 973. The fourth-order valence-corrected chi connectivity index (χ4v) is 4.28. The van der Waals surface area contributed by atoms with Gasteiger partial charge in [0.05, 0.1) is 19.7 Å². The zero-order valence-corrected chi connectivity index (χ0v) is 17.6. The van der Waals surface area contributed by atoms with Crippen molar-refractivity contribution in [3.8, 4) is 5.75 Å². The molecule has 2 aromatic carbocycles. The van der Waals surface area contributed by atoms with E-state index >= 15 is 0 Å². The van der Waals surface area contributed by atoms with Crippen molar-refractivity contribution < 1.29 is 19.1 Å². The van der Waals surface area contributed by atoms with Crippen LogP contribution in [0.2, 0.25) is 0 Å². The number of carbonyl (C=O) groups is 3. The number of amides is 4. The molecule has 1 aliphatic carbocycles. The zero-order chi connectivity index (χ0) is 21.8. The van der Waals surface area contributed by atoms with Crippen molar-refractivity contribution >= 4 is 17.8 Å². The van der Waals surface area contributed by atoms with Crippen molar-refractivity contribution in [2.45, 2.75) is 50.7 Å². The van der Waals surface area contributed by atoms with Crippen LogP contribution in [0.5, 0.6) is 5.75 Å². The molecule has 0 saturated carbocycles. The third-order valence-corrected chi connectivity index (χ3v) is 5.97. The normalized spacial score (nSPS) is 20.2. The van der Waals surface area contributed by atoms with E-state index in [-0.39, 0.29) is 37.2 Å². The van der Waals surface area contributed by atoms with Gasteiger partial charge >= 0.3 is 6.03 Å². The van der Waals surface area contributed by atoms with Gasteiger partial charge in [0.1, 0.15) is 11.8 Å². The lowest BCUT2D eigenvalue weighted by Gasteiger charge is -2.26. The lowest BCUT2D eigenvalue weighted by atomic mass is 9.87. The summed E-state index contributed by atoms with van der Waals surface area (Å²) in [5, 5.41) is 5.80. The number of hydrogen-bond acceptors (Lipinski definition) is 4. The fourth-order valence-electron chi connectivity index (χ4n) is 4.28. The van der Waals surface area contributed by atoms with Gasteiger partial charge in [-0.1, -0.05) is 36.4 Å². The molecule has 7 heteroatoms. The van der Waals surface area contributed by atoms with Crippen molar-refractivity contribution in [2.24, 2.45) is 0 Å². The molecule has 31 heavy (non-hydrogen) atoms. The highest BCUT2D eigenvalue weighted by molar-refractivity contribution is 6.04. The Labute approximate surface area is 181 Å². The van der Waals surface area contributed by atoms with Crippen LogP contribution < -0.4 is 15.4 Å². The van der Waals surface area contributed by atoms with Crippen LogP contribution in [0.1, 0.15) is 48.4 Å². The van der Waals surface area contributed by atoms with Gasteiger partial charge in [0.15, 0.2) is 0 Å². The van der Waals surface area contributed by atoms with Crippen LogP contribution in [0.3, 0.4) is 0 Å². The quantitative estimate of drug-likeness (QED) is 0.673. The van der Waals surface area contributed by atoms with E-state index in [1.54, 1.807) is 19.2 Å². The van der Waals surface area contributed by atoms with Gasteiger partial charge < -0.3 is 15.4 Å². The summed E-state index contributed by atoms with van der Waals surface area (Å²) in [4.78, 5) is 38.7. The second-order valence-electron chi connectivity index (χ2n) is 8.02. The topological polar surface area (TPSA) is 87.7 Å². The Morgan fingerprint density at radius 3 is 2.71 bits per heavy atom. The van der Waals surface area contributed by atoms with Gasteiger partial charge in [-0.15, -0.1) is 0 Å². The molecule has 2 aliphatic rings. The Morgan fingerprint density at radius 1 is 1.16 bits per heavy atom. The van der Waals surface area contributed by atoms with Gasteiger partial charge in [0.25, 0.3) is 5.91 Å². The Morgan fingerprint density at radius 2 is 1.94 bits per heavy atom. The average Bonchev–Trinajstić information content (AvgIpc) is 3.06. The largest absolute Gasteiger partial charge is 0.497 e. The number of rotatable bonds is 7. The molecule has 2 atom stereocenters. The molecule has 1 fully saturated rings. The Kier molecular flexibility index (Phi) is 6.21. The van der Waals surface area contributed by atoms with E-state index in [1.165, 1.54) is 16.0 Å². The van der Waals surface area contributed by atoms with E-state index in [9.17, 15) is 14.4 Å². The van der Waals surface area contributed by atoms with Gasteiger partial charge in [0.2, 0.25) is 5.91 Å². The summed E-state index contributed by atoms with van der Waals surface area (Å²) in [5.41, 5.74) is 3.29. The molecule has 1 saturated heterocycles. The molecule has 7 nitrogen and oxygen atoms in total. The summed E-state index contributed by atoms with van der Waals surface area (Å²) in [5.74, 6) is 0.319. The minimum atomic E-state index is -0.671. The molecule has 0 bridgehead atoms. The van der Waals surface area contributed by atoms with Gasteiger partial charge in [-0.2, -0.15) is 0 Å². The molecule has 0 unspecified atom stereocenters. The summed E-state index contributed by atoms with van der Waals surface area (Å²) in [6.07, 6.45) is 3.46. The lowest BCUT2D eigenvalue weighted by Crippen LogP contribution is -2.34. The highest BCUT2D eigenvalue weighted by Crippen LogP contribution is 2.29. The standard InChI is InChI=1S/C24H27N3O4/c1-31-18-11-9-16(10-12-18)15-27-23(29)21(26-24(27)30)13-14-22(28)25-20-8-4-6-17-5-2-3-7-19(17)20/h2-3,5,7,9-12,20-21H,4,6,8,13-15H2,1H3,(H,25,28)(H,26,30)/t20-,21+/m0/s1. The van der Waals surface area contributed by atoms with Crippen LogP contribution in [0, 0.1) is 0 Å². The molecule has 1 aliphatic heterocycles. The van der Waals surface area contributed by atoms with Crippen molar-refractivity contribution in [3.63, 3.8) is 0 Å². The maximum Gasteiger partial charge on any atom is 0.325 e. The summed E-state index contributed by atoms with van der Waals surface area (Å²) in [7, 11) is 1.58. The number of aryl methyl sites for hydroxylation is 1. The number of nitrogens with one attached hydrogen (secondary N) is 2. The van der Waals surface area contributed by atoms with Crippen LogP contribution >= 0.6 is 0 Å². The third kappa shape index (κ3) is 4.71. The summed E-state index contributed by atoms with van der Waals surface area (Å²) >= 11 is 0. The highest BCUT2D eigenvalue weighted by atomic mass is 16.5. The maximum absolute atomic E-state index is 12.7. The van der Waals surface area contributed by atoms with Crippen molar-refractivity contribution in [2.75, 3.05) is 7.11 Å². The van der Waals surface area contributed by atoms with Crippen LogP contribution in [-0.4, -0.2) is 35.9 Å². The number of urea groups is 1. The van der Waals surface area contributed by atoms with Crippen molar-refractivity contribution in [1.29, 1.82) is 0 Å². The van der Waals surface area contributed by atoms with E-state index in [4.69, 9.17) is 4.74 Å². The Balaban J connectivity index is 1.30. The minimum absolute atomic E-state index is 0.0119. The van der Waals surface area contributed by atoms with Crippen LogP contribution in [0.15, 0.2) is 48.5 Å². The predicted octanol–water partition coefficient (Wildman–Crippen LogP) is 3.09. The molecule has 4 amide bonds. The number of nitrogens with zero attached hydrogens (tertiary/aromatic N) is 1.